The largest absolute Gasteiger partial charge is 0.494 e. The van der Waals surface area contributed by atoms with Crippen LogP contribution in [0.2, 0.25) is 0 Å². The van der Waals surface area contributed by atoms with Gasteiger partial charge in [0.15, 0.2) is 0 Å². The Hall–Kier alpha value is -3.96. The Balaban J connectivity index is 1.88. The molecule has 174 valence electrons. The highest BCUT2D eigenvalue weighted by Crippen LogP contribution is 2.27. The van der Waals surface area contributed by atoms with Crippen LogP contribution in [0.15, 0.2) is 46.2 Å². The number of pyridine rings is 1. The van der Waals surface area contributed by atoms with E-state index in [1.807, 2.05) is 6.92 Å². The first-order chi connectivity index (χ1) is 15.8. The molecule has 0 aliphatic rings. The number of aliphatic imine (C=N–C) groups is 1. The summed E-state index contributed by atoms with van der Waals surface area (Å²) >= 11 is 0. The van der Waals surface area contributed by atoms with Gasteiger partial charge in [-0.2, -0.15) is 18.4 Å². The number of aromatic amines is 2. The summed E-state index contributed by atoms with van der Waals surface area (Å²) in [5.41, 5.74) is 7.68. The van der Waals surface area contributed by atoms with Gasteiger partial charge in [-0.25, -0.2) is 0 Å². The lowest BCUT2D eigenvalue weighted by atomic mass is 10.0. The van der Waals surface area contributed by atoms with Crippen molar-refractivity contribution < 1.29 is 17.9 Å². The average Bonchev–Trinajstić information content (AvgIpc) is 3.30. The van der Waals surface area contributed by atoms with E-state index in [0.29, 0.717) is 29.1 Å². The number of allylic oxidation sites excluding steroid dienone is 1. The van der Waals surface area contributed by atoms with Crippen LogP contribution in [0.3, 0.4) is 0 Å². The van der Waals surface area contributed by atoms with Gasteiger partial charge in [0.25, 0.3) is 5.56 Å². The number of H-pyrrole nitrogens is 2. The third-order valence-electron chi connectivity index (χ3n) is 4.49. The Morgan fingerprint density at radius 3 is 2.67 bits per heavy atom. The first-order valence-electron chi connectivity index (χ1n) is 10.1. The van der Waals surface area contributed by atoms with Crippen molar-refractivity contribution >= 4 is 11.9 Å². The molecule has 1 aromatic carbocycles. The molecule has 12 heteroatoms. The van der Waals surface area contributed by atoms with Crippen LogP contribution in [0.25, 0.3) is 28.3 Å². The second kappa shape index (κ2) is 10.6. The van der Waals surface area contributed by atoms with E-state index in [-0.39, 0.29) is 30.1 Å². The third kappa shape index (κ3) is 6.51. The van der Waals surface area contributed by atoms with Crippen molar-refractivity contribution in [3.8, 4) is 28.4 Å². The number of halogens is 3. The number of aromatic nitrogens is 5. The van der Waals surface area contributed by atoms with Gasteiger partial charge in [-0.05, 0) is 60.5 Å². The summed E-state index contributed by atoms with van der Waals surface area (Å²) in [5.74, 6) is 0.506. The molecule has 0 atom stereocenters. The molecule has 0 fully saturated rings. The van der Waals surface area contributed by atoms with Crippen LogP contribution in [0.1, 0.15) is 25.3 Å². The fraction of sp³-hybridized carbons (Fsp3) is 0.286. The molecule has 0 aliphatic carbocycles. The van der Waals surface area contributed by atoms with Gasteiger partial charge < -0.3 is 15.5 Å². The number of nitrogens with one attached hydrogen (secondary N) is 2. The lowest BCUT2D eigenvalue weighted by molar-refractivity contribution is -0.136. The molecule has 0 bridgehead atoms. The van der Waals surface area contributed by atoms with E-state index in [1.165, 1.54) is 0 Å². The van der Waals surface area contributed by atoms with E-state index >= 15 is 0 Å². The Bertz CT molecular complexity index is 1170. The summed E-state index contributed by atoms with van der Waals surface area (Å²) in [6.45, 7) is 2.40. The molecular formula is C21H22F3N7O2. The number of alkyl halides is 3. The topological polar surface area (TPSA) is 135 Å². The molecule has 0 radical (unpaired) electrons. The van der Waals surface area contributed by atoms with E-state index in [9.17, 15) is 18.0 Å². The smallest absolute Gasteiger partial charge is 0.389 e. The maximum atomic E-state index is 12.9. The second-order valence-corrected chi connectivity index (χ2v) is 6.90. The molecular weight excluding hydrogens is 439 g/mol. The van der Waals surface area contributed by atoms with E-state index in [1.54, 1.807) is 42.6 Å². The van der Waals surface area contributed by atoms with Gasteiger partial charge in [0.2, 0.25) is 5.82 Å². The summed E-state index contributed by atoms with van der Waals surface area (Å²) in [7, 11) is 0. The molecule has 0 spiro atoms. The molecule has 2 heterocycles. The third-order valence-corrected chi connectivity index (χ3v) is 4.49. The quantitative estimate of drug-likeness (QED) is 0.330. The van der Waals surface area contributed by atoms with Crippen molar-refractivity contribution in [3.05, 3.63) is 52.3 Å². The fourth-order valence-corrected chi connectivity index (χ4v) is 2.95. The number of nitrogens with zero attached hydrogens (tertiary/aromatic N) is 4. The fourth-order valence-electron chi connectivity index (χ4n) is 2.95. The van der Waals surface area contributed by atoms with Gasteiger partial charge in [-0.15, -0.1) is 10.2 Å². The van der Waals surface area contributed by atoms with Gasteiger partial charge >= 0.3 is 6.18 Å². The minimum atomic E-state index is -4.21. The van der Waals surface area contributed by atoms with Crippen molar-refractivity contribution in [3.63, 3.8) is 0 Å². The molecule has 9 nitrogen and oxygen atoms in total. The summed E-state index contributed by atoms with van der Waals surface area (Å²) in [5, 5.41) is 13.6. The van der Waals surface area contributed by atoms with Crippen molar-refractivity contribution in [2.75, 3.05) is 13.2 Å². The monoisotopic (exact) mass is 461 g/mol. The number of hydrogen-bond acceptors (Lipinski definition) is 7. The van der Waals surface area contributed by atoms with E-state index in [0.717, 1.165) is 0 Å². The van der Waals surface area contributed by atoms with Crippen molar-refractivity contribution in [2.24, 2.45) is 10.7 Å². The zero-order valence-corrected chi connectivity index (χ0v) is 17.7. The lowest BCUT2D eigenvalue weighted by Gasteiger charge is -2.11. The maximum absolute atomic E-state index is 12.9. The van der Waals surface area contributed by atoms with Crippen molar-refractivity contribution in [2.45, 2.75) is 25.9 Å². The molecule has 0 amide bonds. The first-order valence-corrected chi connectivity index (χ1v) is 10.1. The minimum absolute atomic E-state index is 0.0557. The lowest BCUT2D eigenvalue weighted by Crippen LogP contribution is -2.16. The van der Waals surface area contributed by atoms with Crippen LogP contribution in [0.5, 0.6) is 5.75 Å². The minimum Gasteiger partial charge on any atom is -0.494 e. The molecule has 3 rings (SSSR count). The molecule has 4 N–H and O–H groups in total. The van der Waals surface area contributed by atoms with Gasteiger partial charge in [0, 0.05) is 36.1 Å². The SMILES string of the molecule is CCN=CC=C(N)c1cc(-c2ccc(OCCCC(F)(F)F)cc2)[nH]c(=O)c1-c1nn[nH]n1. The highest BCUT2D eigenvalue weighted by atomic mass is 19.4. The molecule has 3 aromatic rings. The molecule has 0 saturated heterocycles. The zero-order valence-electron chi connectivity index (χ0n) is 17.7. The first kappa shape index (κ1) is 23.7. The Morgan fingerprint density at radius 1 is 1.27 bits per heavy atom. The second-order valence-electron chi connectivity index (χ2n) is 6.90. The van der Waals surface area contributed by atoms with Crippen molar-refractivity contribution in [1.82, 2.24) is 25.6 Å². The van der Waals surface area contributed by atoms with Gasteiger partial charge in [0.05, 0.1) is 12.2 Å². The molecule has 33 heavy (non-hydrogen) atoms. The van der Waals surface area contributed by atoms with Gasteiger partial charge in [-0.1, -0.05) is 0 Å². The van der Waals surface area contributed by atoms with Crippen LogP contribution < -0.4 is 16.0 Å². The highest BCUT2D eigenvalue weighted by molar-refractivity contribution is 5.88. The average molecular weight is 461 g/mol. The standard InChI is InChI=1S/C21H22F3N7O2/c1-2-26-10-8-16(25)15-12-17(27-20(32)18(15)19-28-30-31-29-19)13-4-6-14(7-5-13)33-11-3-9-21(22,23)24/h4-8,10,12H,2-3,9,11,25H2,1H3,(H,27,32)(H,28,29,30,31). The van der Waals surface area contributed by atoms with Crippen molar-refractivity contribution in [1.29, 1.82) is 0 Å². The summed E-state index contributed by atoms with van der Waals surface area (Å²) in [6, 6.07) is 8.27. The van der Waals surface area contributed by atoms with Crippen LogP contribution in [0, 0.1) is 0 Å². The molecule has 2 aromatic heterocycles. The predicted molar refractivity (Wildman–Crippen MR) is 118 cm³/mol. The van der Waals surface area contributed by atoms with E-state index in [2.05, 4.69) is 30.6 Å². The van der Waals surface area contributed by atoms with E-state index in [4.69, 9.17) is 10.5 Å². The zero-order chi connectivity index (χ0) is 23.8. The number of ether oxygens (including phenoxy) is 1. The van der Waals surface area contributed by atoms with E-state index < -0.39 is 18.2 Å². The van der Waals surface area contributed by atoms with Crippen LogP contribution in [0.4, 0.5) is 13.2 Å². The van der Waals surface area contributed by atoms with Gasteiger partial charge in [0.1, 0.15) is 5.75 Å². The summed E-state index contributed by atoms with van der Waals surface area (Å²) in [4.78, 5) is 19.7. The number of rotatable bonds is 9. The molecule has 0 aliphatic heterocycles. The Labute approximate surface area is 186 Å². The predicted octanol–water partition coefficient (Wildman–Crippen LogP) is 3.33. The number of benzene rings is 1. The van der Waals surface area contributed by atoms with Crippen LogP contribution >= 0.6 is 0 Å². The number of hydrogen-bond donors (Lipinski definition) is 3. The van der Waals surface area contributed by atoms with Gasteiger partial charge in [-0.3, -0.25) is 9.79 Å². The summed E-state index contributed by atoms with van der Waals surface area (Å²) < 4.78 is 42.1. The summed E-state index contributed by atoms with van der Waals surface area (Å²) in [6.07, 6.45) is -2.13. The maximum Gasteiger partial charge on any atom is 0.389 e. The normalized spacial score (nSPS) is 12.4. The highest BCUT2D eigenvalue weighted by Gasteiger charge is 2.26. The Kier molecular flexibility index (Phi) is 7.59. The number of tetrazole rings is 1. The molecule has 0 saturated carbocycles. The molecule has 0 unspecified atom stereocenters. The Morgan fingerprint density at radius 2 is 2.03 bits per heavy atom. The number of nitrogens with two attached hydrogens (primary N) is 1. The van der Waals surface area contributed by atoms with Crippen LogP contribution in [-0.4, -0.2) is 51.2 Å². The van der Waals surface area contributed by atoms with Crippen LogP contribution in [-0.2, 0) is 0 Å².